The molecule has 0 radical (unpaired) electrons. The van der Waals surface area contributed by atoms with Crippen molar-refractivity contribution in [3.63, 3.8) is 0 Å². The summed E-state index contributed by atoms with van der Waals surface area (Å²) < 4.78 is 5.54. The summed E-state index contributed by atoms with van der Waals surface area (Å²) in [5.74, 6) is 1.23. The molecular weight excluding hydrogens is 310 g/mol. The van der Waals surface area contributed by atoms with Crippen LogP contribution in [0, 0.1) is 11.3 Å². The van der Waals surface area contributed by atoms with Gasteiger partial charge in [0.05, 0.1) is 17.9 Å². The van der Waals surface area contributed by atoms with Crippen molar-refractivity contribution in [2.24, 2.45) is 0 Å². The summed E-state index contributed by atoms with van der Waals surface area (Å²) in [4.78, 5) is 8.42. The first-order valence-corrected chi connectivity index (χ1v) is 7.62. The molecule has 0 bridgehead atoms. The van der Waals surface area contributed by atoms with Crippen LogP contribution in [0.5, 0.6) is 5.75 Å². The molecule has 0 fully saturated rings. The first-order chi connectivity index (χ1) is 11.2. The SMILES string of the molecule is CCOc1cccnc1CCNC(=S)Nc1ncccc1C#N. The second-order valence-electron chi connectivity index (χ2n) is 4.52. The van der Waals surface area contributed by atoms with Gasteiger partial charge in [-0.05, 0) is 43.4 Å². The Morgan fingerprint density at radius 1 is 1.30 bits per heavy atom. The highest BCUT2D eigenvalue weighted by Gasteiger charge is 2.06. The molecule has 0 unspecified atom stereocenters. The van der Waals surface area contributed by atoms with Gasteiger partial charge in [-0.1, -0.05) is 0 Å². The summed E-state index contributed by atoms with van der Waals surface area (Å²) in [6.45, 7) is 3.13. The van der Waals surface area contributed by atoms with E-state index in [1.807, 2.05) is 19.1 Å². The van der Waals surface area contributed by atoms with Gasteiger partial charge in [0.15, 0.2) is 5.11 Å². The van der Waals surface area contributed by atoms with Crippen LogP contribution >= 0.6 is 12.2 Å². The predicted octanol–water partition coefficient (Wildman–Crippen LogP) is 2.28. The number of rotatable bonds is 6. The van der Waals surface area contributed by atoms with E-state index in [2.05, 4.69) is 26.7 Å². The van der Waals surface area contributed by atoms with Gasteiger partial charge in [-0.2, -0.15) is 5.26 Å². The fourth-order valence-electron chi connectivity index (χ4n) is 1.94. The van der Waals surface area contributed by atoms with Crippen molar-refractivity contribution in [3.05, 3.63) is 47.9 Å². The molecule has 2 aromatic rings. The lowest BCUT2D eigenvalue weighted by Crippen LogP contribution is -2.31. The van der Waals surface area contributed by atoms with E-state index in [1.54, 1.807) is 24.5 Å². The standard InChI is InChI=1S/C16H17N5OS/c1-2-22-14-6-4-8-18-13(14)7-10-20-16(23)21-15-12(11-17)5-3-9-19-15/h3-6,8-9H,2,7,10H2,1H3,(H2,19,20,21,23). The van der Waals surface area contributed by atoms with Gasteiger partial charge in [0.2, 0.25) is 0 Å². The molecule has 0 amide bonds. The van der Waals surface area contributed by atoms with Gasteiger partial charge in [-0.25, -0.2) is 4.98 Å². The number of ether oxygens (including phenoxy) is 1. The molecular formula is C16H17N5OS. The number of aromatic nitrogens is 2. The highest BCUT2D eigenvalue weighted by molar-refractivity contribution is 7.80. The quantitative estimate of drug-likeness (QED) is 0.788. The second-order valence-corrected chi connectivity index (χ2v) is 4.93. The molecule has 0 spiro atoms. The van der Waals surface area contributed by atoms with Gasteiger partial charge in [0, 0.05) is 25.4 Å². The third-order valence-corrected chi connectivity index (χ3v) is 3.20. The highest BCUT2D eigenvalue weighted by Crippen LogP contribution is 2.15. The van der Waals surface area contributed by atoms with E-state index in [0.29, 0.717) is 36.1 Å². The summed E-state index contributed by atoms with van der Waals surface area (Å²) in [5.41, 5.74) is 1.32. The second kappa shape index (κ2) is 8.66. The molecule has 23 heavy (non-hydrogen) atoms. The maximum atomic E-state index is 9.02. The number of hydrogen-bond acceptors (Lipinski definition) is 5. The van der Waals surface area contributed by atoms with Crippen molar-refractivity contribution in [1.82, 2.24) is 15.3 Å². The third kappa shape index (κ3) is 4.90. The van der Waals surface area contributed by atoms with Gasteiger partial charge in [-0.3, -0.25) is 4.98 Å². The number of nitrogens with zero attached hydrogens (tertiary/aromatic N) is 3. The van der Waals surface area contributed by atoms with Crippen LogP contribution in [0.4, 0.5) is 5.82 Å². The molecule has 0 aliphatic rings. The fraction of sp³-hybridized carbons (Fsp3) is 0.250. The summed E-state index contributed by atoms with van der Waals surface area (Å²) in [5, 5.41) is 15.4. The van der Waals surface area contributed by atoms with Gasteiger partial charge in [0.25, 0.3) is 0 Å². The van der Waals surface area contributed by atoms with Crippen molar-refractivity contribution in [1.29, 1.82) is 5.26 Å². The third-order valence-electron chi connectivity index (χ3n) is 2.96. The number of nitrogens with one attached hydrogen (secondary N) is 2. The minimum atomic E-state index is 0.411. The molecule has 2 aromatic heterocycles. The van der Waals surface area contributed by atoms with E-state index < -0.39 is 0 Å². The molecule has 0 aromatic carbocycles. The number of nitriles is 1. The Bertz CT molecular complexity index is 714. The average Bonchev–Trinajstić information content (AvgIpc) is 2.57. The van der Waals surface area contributed by atoms with E-state index in [4.69, 9.17) is 22.2 Å². The molecule has 0 aliphatic carbocycles. The normalized spacial score (nSPS) is 9.74. The van der Waals surface area contributed by atoms with E-state index in [0.717, 1.165) is 11.4 Å². The van der Waals surface area contributed by atoms with E-state index in [9.17, 15) is 0 Å². The lowest BCUT2D eigenvalue weighted by molar-refractivity contribution is 0.334. The summed E-state index contributed by atoms with van der Waals surface area (Å²) >= 11 is 5.22. The van der Waals surface area contributed by atoms with E-state index >= 15 is 0 Å². The van der Waals surface area contributed by atoms with Crippen molar-refractivity contribution >= 4 is 23.1 Å². The Morgan fingerprint density at radius 3 is 2.87 bits per heavy atom. The molecule has 118 valence electrons. The van der Waals surface area contributed by atoms with E-state index in [-0.39, 0.29) is 0 Å². The Hall–Kier alpha value is -2.72. The number of pyridine rings is 2. The molecule has 0 saturated carbocycles. The summed E-state index contributed by atoms with van der Waals surface area (Å²) in [6, 6.07) is 9.20. The summed E-state index contributed by atoms with van der Waals surface area (Å²) in [7, 11) is 0. The molecule has 2 N–H and O–H groups in total. The fourth-order valence-corrected chi connectivity index (χ4v) is 2.14. The van der Waals surface area contributed by atoms with Crippen LogP contribution < -0.4 is 15.4 Å². The Labute approximate surface area is 140 Å². The number of hydrogen-bond donors (Lipinski definition) is 2. The molecule has 0 aliphatic heterocycles. The lowest BCUT2D eigenvalue weighted by Gasteiger charge is -2.12. The molecule has 2 heterocycles. The van der Waals surface area contributed by atoms with Crippen molar-refractivity contribution in [2.75, 3.05) is 18.5 Å². The Balaban J connectivity index is 1.87. The van der Waals surface area contributed by atoms with E-state index in [1.165, 1.54) is 0 Å². The molecule has 0 saturated heterocycles. The molecule has 7 heteroatoms. The topological polar surface area (TPSA) is 82.9 Å². The number of anilines is 1. The van der Waals surface area contributed by atoms with Crippen LogP contribution in [0.15, 0.2) is 36.7 Å². The minimum Gasteiger partial charge on any atom is -0.492 e. The smallest absolute Gasteiger partial charge is 0.171 e. The van der Waals surface area contributed by atoms with Crippen molar-refractivity contribution < 1.29 is 4.74 Å². The predicted molar refractivity (Wildman–Crippen MR) is 92.3 cm³/mol. The molecule has 6 nitrogen and oxygen atoms in total. The van der Waals surface area contributed by atoms with Crippen LogP contribution in [-0.4, -0.2) is 28.2 Å². The largest absolute Gasteiger partial charge is 0.492 e. The van der Waals surface area contributed by atoms with Crippen molar-refractivity contribution in [3.8, 4) is 11.8 Å². The van der Waals surface area contributed by atoms with Crippen LogP contribution in [0.2, 0.25) is 0 Å². The molecule has 2 rings (SSSR count). The van der Waals surface area contributed by atoms with Gasteiger partial charge in [0.1, 0.15) is 17.6 Å². The Kier molecular flexibility index (Phi) is 6.27. The Morgan fingerprint density at radius 2 is 2.09 bits per heavy atom. The zero-order chi connectivity index (χ0) is 16.5. The maximum Gasteiger partial charge on any atom is 0.171 e. The van der Waals surface area contributed by atoms with Gasteiger partial charge < -0.3 is 15.4 Å². The van der Waals surface area contributed by atoms with Gasteiger partial charge in [-0.15, -0.1) is 0 Å². The average molecular weight is 327 g/mol. The summed E-state index contributed by atoms with van der Waals surface area (Å²) in [6.07, 6.45) is 4.01. The van der Waals surface area contributed by atoms with Crippen LogP contribution in [-0.2, 0) is 6.42 Å². The highest BCUT2D eigenvalue weighted by atomic mass is 32.1. The first kappa shape index (κ1) is 16.6. The first-order valence-electron chi connectivity index (χ1n) is 7.21. The molecule has 0 atom stereocenters. The van der Waals surface area contributed by atoms with Crippen LogP contribution in [0.3, 0.4) is 0 Å². The minimum absolute atomic E-state index is 0.411. The van der Waals surface area contributed by atoms with Crippen LogP contribution in [0.25, 0.3) is 0 Å². The number of thiocarbonyl (C=S) groups is 1. The van der Waals surface area contributed by atoms with Crippen molar-refractivity contribution in [2.45, 2.75) is 13.3 Å². The van der Waals surface area contributed by atoms with Crippen LogP contribution in [0.1, 0.15) is 18.2 Å². The lowest BCUT2D eigenvalue weighted by atomic mass is 10.2. The maximum absolute atomic E-state index is 9.02. The zero-order valence-corrected chi connectivity index (χ0v) is 13.6. The zero-order valence-electron chi connectivity index (χ0n) is 12.7. The van der Waals surface area contributed by atoms with Gasteiger partial charge >= 0.3 is 0 Å². The monoisotopic (exact) mass is 327 g/mol.